The number of ether oxygens (including phenoxy) is 3. The van der Waals surface area contributed by atoms with Crippen LogP contribution in [0.1, 0.15) is 38.3 Å². The average molecular weight is 646 g/mol. The van der Waals surface area contributed by atoms with E-state index in [1.165, 1.54) is 56.6 Å². The third-order valence-electron chi connectivity index (χ3n) is 7.27. The molecule has 1 N–H and O–H groups in total. The van der Waals surface area contributed by atoms with E-state index in [1.807, 2.05) is 45.0 Å². The summed E-state index contributed by atoms with van der Waals surface area (Å²) in [4.78, 5) is 28.7. The number of methoxy groups -OCH3 is 3. The predicted octanol–water partition coefficient (Wildman–Crippen LogP) is 5.20. The number of hydrogen-bond donors (Lipinski definition) is 1. The Labute approximate surface area is 264 Å². The van der Waals surface area contributed by atoms with Crippen molar-refractivity contribution >= 4 is 39.1 Å². The fraction of sp³-hybridized carbons (Fsp3) is 0.375. The number of carbonyl (C=O) groups excluding carboxylic acids is 2. The van der Waals surface area contributed by atoms with Crippen LogP contribution in [0, 0.1) is 6.92 Å². The zero-order valence-electron chi connectivity index (χ0n) is 26.1. The smallest absolute Gasteiger partial charge is 0.265 e. The molecule has 0 saturated carbocycles. The molecule has 44 heavy (non-hydrogen) atoms. The normalized spacial score (nSPS) is 12.5. The maximum absolute atomic E-state index is 14.3. The van der Waals surface area contributed by atoms with Crippen LogP contribution in [0.5, 0.6) is 17.2 Å². The lowest BCUT2D eigenvalue weighted by Gasteiger charge is -2.33. The summed E-state index contributed by atoms with van der Waals surface area (Å²) in [7, 11) is -0.204. The van der Waals surface area contributed by atoms with Gasteiger partial charge in [0.25, 0.3) is 10.0 Å². The molecule has 12 heteroatoms. The molecule has 10 nitrogen and oxygen atoms in total. The highest BCUT2D eigenvalue weighted by molar-refractivity contribution is 7.92. The first-order valence-corrected chi connectivity index (χ1v) is 15.9. The Morgan fingerprint density at radius 1 is 0.886 bits per heavy atom. The Hall–Kier alpha value is -3.96. The molecule has 0 bridgehead atoms. The topological polar surface area (TPSA) is 114 Å². The largest absolute Gasteiger partial charge is 0.495 e. The minimum atomic E-state index is -4.43. The Bertz CT molecular complexity index is 1560. The van der Waals surface area contributed by atoms with Crippen molar-refractivity contribution < 1.29 is 32.2 Å². The van der Waals surface area contributed by atoms with Crippen LogP contribution in [-0.2, 0) is 26.2 Å². The van der Waals surface area contributed by atoms with Gasteiger partial charge in [-0.2, -0.15) is 0 Å². The highest BCUT2D eigenvalue weighted by Gasteiger charge is 2.34. The first-order chi connectivity index (χ1) is 20.9. The third-order valence-corrected chi connectivity index (χ3v) is 9.26. The minimum Gasteiger partial charge on any atom is -0.495 e. The number of nitrogens with zero attached hydrogens (tertiary/aromatic N) is 2. The van der Waals surface area contributed by atoms with E-state index >= 15 is 0 Å². The standard InChI is InChI=1S/C32H40ClN3O7S/c1-8-22(3)34-32(38)23(4)35(19-24-11-9-21(2)10-12-24)31(37)20-36(27-17-25(33)13-15-28(27)41-5)44(39,40)26-14-16-29(42-6)30(18-26)43-7/h9-18,22-23H,8,19-20H2,1-7H3,(H,34,38). The lowest BCUT2D eigenvalue weighted by atomic mass is 10.1. The number of carbonyl (C=O) groups is 2. The van der Waals surface area contributed by atoms with Crippen molar-refractivity contribution in [3.8, 4) is 17.2 Å². The van der Waals surface area contributed by atoms with Crippen molar-refractivity contribution in [2.45, 2.75) is 57.6 Å². The van der Waals surface area contributed by atoms with Crippen LogP contribution in [0.2, 0.25) is 5.02 Å². The first kappa shape index (κ1) is 34.5. The number of rotatable bonds is 14. The zero-order chi connectivity index (χ0) is 32.6. The van der Waals surface area contributed by atoms with E-state index in [0.29, 0.717) is 12.2 Å². The van der Waals surface area contributed by atoms with Crippen molar-refractivity contribution in [1.29, 1.82) is 0 Å². The van der Waals surface area contributed by atoms with Gasteiger partial charge in [0.05, 0.1) is 31.9 Å². The van der Waals surface area contributed by atoms with Crippen molar-refractivity contribution in [3.05, 3.63) is 76.8 Å². The molecule has 2 unspecified atom stereocenters. The summed E-state index contributed by atoms with van der Waals surface area (Å²) < 4.78 is 45.6. The van der Waals surface area contributed by atoms with E-state index in [2.05, 4.69) is 5.32 Å². The van der Waals surface area contributed by atoms with Gasteiger partial charge >= 0.3 is 0 Å². The minimum absolute atomic E-state index is 0.0510. The SMILES string of the molecule is CCC(C)NC(=O)C(C)N(Cc1ccc(C)cc1)C(=O)CN(c1cc(Cl)ccc1OC)S(=O)(=O)c1ccc(OC)c(OC)c1. The van der Waals surface area contributed by atoms with Crippen molar-refractivity contribution in [2.75, 3.05) is 32.2 Å². The summed E-state index contributed by atoms with van der Waals surface area (Å²) in [5, 5.41) is 3.16. The van der Waals surface area contributed by atoms with Gasteiger partial charge in [0.1, 0.15) is 18.3 Å². The molecular weight excluding hydrogens is 606 g/mol. The van der Waals surface area contributed by atoms with E-state index < -0.39 is 28.5 Å². The number of sulfonamides is 1. The van der Waals surface area contributed by atoms with Gasteiger partial charge in [0, 0.05) is 23.7 Å². The molecule has 2 atom stereocenters. The van der Waals surface area contributed by atoms with Gasteiger partial charge in [-0.3, -0.25) is 13.9 Å². The molecule has 0 saturated heterocycles. The van der Waals surface area contributed by atoms with E-state index in [0.717, 1.165) is 15.4 Å². The second-order valence-corrected chi connectivity index (χ2v) is 12.6. The molecule has 0 aromatic heterocycles. The number of hydrogen-bond acceptors (Lipinski definition) is 7. The average Bonchev–Trinajstić information content (AvgIpc) is 3.02. The van der Waals surface area contributed by atoms with Crippen LogP contribution in [0.3, 0.4) is 0 Å². The first-order valence-electron chi connectivity index (χ1n) is 14.1. The van der Waals surface area contributed by atoms with Crippen LogP contribution in [0.15, 0.2) is 65.6 Å². The molecule has 0 spiro atoms. The number of aryl methyl sites for hydroxylation is 1. The molecule has 0 aliphatic rings. The fourth-order valence-corrected chi connectivity index (χ4v) is 6.01. The Morgan fingerprint density at radius 2 is 1.50 bits per heavy atom. The van der Waals surface area contributed by atoms with Gasteiger partial charge in [0.15, 0.2) is 11.5 Å². The molecule has 0 fully saturated rings. The second kappa shape index (κ2) is 15.2. The summed E-state index contributed by atoms with van der Waals surface area (Å²) in [6.07, 6.45) is 0.705. The van der Waals surface area contributed by atoms with Crippen LogP contribution >= 0.6 is 11.6 Å². The Morgan fingerprint density at radius 3 is 2.09 bits per heavy atom. The maximum atomic E-state index is 14.3. The molecular formula is C32H40ClN3O7S. The monoisotopic (exact) mass is 645 g/mol. The van der Waals surface area contributed by atoms with E-state index in [-0.39, 0.29) is 45.6 Å². The zero-order valence-corrected chi connectivity index (χ0v) is 27.7. The lowest BCUT2D eigenvalue weighted by Crippen LogP contribution is -2.52. The third kappa shape index (κ3) is 8.15. The summed E-state index contributed by atoms with van der Waals surface area (Å²) >= 11 is 6.31. The van der Waals surface area contributed by atoms with Crippen molar-refractivity contribution in [3.63, 3.8) is 0 Å². The quantitative estimate of drug-likeness (QED) is 0.256. The molecule has 3 rings (SSSR count). The van der Waals surface area contributed by atoms with E-state index in [1.54, 1.807) is 13.0 Å². The molecule has 0 radical (unpaired) electrons. The van der Waals surface area contributed by atoms with Gasteiger partial charge in [-0.25, -0.2) is 8.42 Å². The molecule has 0 aliphatic carbocycles. The molecule has 0 heterocycles. The predicted molar refractivity (Wildman–Crippen MR) is 171 cm³/mol. The highest BCUT2D eigenvalue weighted by atomic mass is 35.5. The van der Waals surface area contributed by atoms with Gasteiger partial charge in [-0.15, -0.1) is 0 Å². The van der Waals surface area contributed by atoms with Gasteiger partial charge in [-0.05, 0) is 63.1 Å². The second-order valence-electron chi connectivity index (χ2n) is 10.3. The number of benzene rings is 3. The summed E-state index contributed by atoms with van der Waals surface area (Å²) in [5.41, 5.74) is 1.87. The maximum Gasteiger partial charge on any atom is 0.265 e. The number of nitrogens with one attached hydrogen (secondary N) is 1. The molecule has 2 amide bonds. The summed E-state index contributed by atoms with van der Waals surface area (Å²) in [5.74, 6) is -0.258. The van der Waals surface area contributed by atoms with Gasteiger partial charge < -0.3 is 24.4 Å². The van der Waals surface area contributed by atoms with Crippen molar-refractivity contribution in [2.24, 2.45) is 0 Å². The van der Waals surface area contributed by atoms with E-state index in [4.69, 9.17) is 25.8 Å². The number of anilines is 1. The Kier molecular flexibility index (Phi) is 11.9. The summed E-state index contributed by atoms with van der Waals surface area (Å²) in [6, 6.07) is 15.2. The molecule has 3 aromatic rings. The van der Waals surface area contributed by atoms with Crippen LogP contribution in [0.4, 0.5) is 5.69 Å². The molecule has 3 aromatic carbocycles. The Balaban J connectivity index is 2.14. The van der Waals surface area contributed by atoms with Crippen LogP contribution < -0.4 is 23.8 Å². The number of amides is 2. The molecule has 0 aliphatic heterocycles. The van der Waals surface area contributed by atoms with Crippen LogP contribution in [0.25, 0.3) is 0 Å². The number of halogens is 1. The lowest BCUT2D eigenvalue weighted by molar-refractivity contribution is -0.139. The van der Waals surface area contributed by atoms with Gasteiger partial charge in [0.2, 0.25) is 11.8 Å². The van der Waals surface area contributed by atoms with Gasteiger partial charge in [-0.1, -0.05) is 48.4 Å². The highest BCUT2D eigenvalue weighted by Crippen LogP contribution is 2.37. The molecule has 238 valence electrons. The van der Waals surface area contributed by atoms with E-state index in [9.17, 15) is 18.0 Å². The van der Waals surface area contributed by atoms with Crippen LogP contribution in [-0.4, -0.2) is 65.1 Å². The van der Waals surface area contributed by atoms with Crippen molar-refractivity contribution in [1.82, 2.24) is 10.2 Å². The fourth-order valence-electron chi connectivity index (χ4n) is 4.41. The summed E-state index contributed by atoms with van der Waals surface area (Å²) in [6.45, 7) is 6.81.